The number of rotatable bonds is 5. The van der Waals surface area contributed by atoms with Gasteiger partial charge in [-0.1, -0.05) is 6.07 Å². The molecule has 2 N–H and O–H groups in total. The summed E-state index contributed by atoms with van der Waals surface area (Å²) in [5.74, 6) is 0.664. The van der Waals surface area contributed by atoms with Crippen LogP contribution in [0.2, 0.25) is 0 Å². The summed E-state index contributed by atoms with van der Waals surface area (Å²) in [7, 11) is 0. The van der Waals surface area contributed by atoms with Crippen molar-refractivity contribution < 1.29 is 4.79 Å². The van der Waals surface area contributed by atoms with Crippen LogP contribution in [0.5, 0.6) is 0 Å². The van der Waals surface area contributed by atoms with E-state index in [0.29, 0.717) is 5.69 Å². The van der Waals surface area contributed by atoms with Gasteiger partial charge in [-0.15, -0.1) is 0 Å². The molecule has 5 heterocycles. The van der Waals surface area contributed by atoms with Gasteiger partial charge in [0.1, 0.15) is 5.82 Å². The van der Waals surface area contributed by atoms with Gasteiger partial charge in [-0.25, -0.2) is 4.98 Å². The number of benzene rings is 1. The van der Waals surface area contributed by atoms with Gasteiger partial charge >= 0.3 is 0 Å². The first-order chi connectivity index (χ1) is 17.7. The van der Waals surface area contributed by atoms with E-state index in [-0.39, 0.29) is 5.91 Å². The van der Waals surface area contributed by atoms with Crippen molar-refractivity contribution in [2.75, 3.05) is 41.3 Å². The Labute approximate surface area is 210 Å². The molecule has 0 unspecified atom stereocenters. The molecule has 8 heteroatoms. The molecule has 0 radical (unpaired) electrons. The molecule has 2 aliphatic rings. The summed E-state index contributed by atoms with van der Waals surface area (Å²) in [5, 5.41) is 11.2. The lowest BCUT2D eigenvalue weighted by Crippen LogP contribution is -2.30. The summed E-state index contributed by atoms with van der Waals surface area (Å²) >= 11 is 0. The first kappa shape index (κ1) is 22.5. The summed E-state index contributed by atoms with van der Waals surface area (Å²) in [6, 6.07) is 12.0. The topological polar surface area (TPSA) is 90.0 Å². The summed E-state index contributed by atoms with van der Waals surface area (Å²) in [4.78, 5) is 26.9. The monoisotopic (exact) mass is 481 g/mol. The normalized spacial score (nSPS) is 16.3. The van der Waals surface area contributed by atoms with Gasteiger partial charge in [0.15, 0.2) is 5.69 Å². The number of carbonyl (C=O) groups is 1. The molecule has 2 aliphatic heterocycles. The van der Waals surface area contributed by atoms with E-state index in [4.69, 9.17) is 0 Å². The Morgan fingerprint density at radius 2 is 1.61 bits per heavy atom. The van der Waals surface area contributed by atoms with E-state index in [1.807, 2.05) is 42.7 Å². The Hall–Kier alpha value is -3.94. The van der Waals surface area contributed by atoms with Crippen LogP contribution in [0.1, 0.15) is 49.0 Å². The molecule has 0 bridgehead atoms. The molecule has 3 aromatic heterocycles. The van der Waals surface area contributed by atoms with E-state index < -0.39 is 0 Å². The second-order valence-electron chi connectivity index (χ2n) is 9.72. The van der Waals surface area contributed by atoms with E-state index in [1.54, 1.807) is 6.20 Å². The summed E-state index contributed by atoms with van der Waals surface area (Å²) in [6.07, 6.45) is 12.9. The van der Waals surface area contributed by atoms with Crippen molar-refractivity contribution >= 4 is 34.0 Å². The van der Waals surface area contributed by atoms with Gasteiger partial charge in [-0.3, -0.25) is 14.9 Å². The number of fused-ring (bicyclic) bond motifs is 1. The van der Waals surface area contributed by atoms with Crippen LogP contribution in [0.15, 0.2) is 55.0 Å². The fourth-order valence-corrected chi connectivity index (χ4v) is 5.26. The Balaban J connectivity index is 1.25. The summed E-state index contributed by atoms with van der Waals surface area (Å²) < 4.78 is 0. The number of anilines is 3. The molecule has 0 spiro atoms. The molecular weight excluding hydrogens is 450 g/mol. The third-order valence-electron chi connectivity index (χ3n) is 7.24. The number of hydrogen-bond acceptors (Lipinski definition) is 6. The molecule has 0 atom stereocenters. The minimum atomic E-state index is -0.241. The Morgan fingerprint density at radius 1 is 0.833 bits per heavy atom. The number of H-pyrrole nitrogens is 1. The number of nitrogens with zero attached hydrogens (tertiary/aromatic N) is 5. The lowest BCUT2D eigenvalue weighted by atomic mass is 10.0. The van der Waals surface area contributed by atoms with E-state index >= 15 is 0 Å². The van der Waals surface area contributed by atoms with Gasteiger partial charge in [0.25, 0.3) is 5.91 Å². The maximum absolute atomic E-state index is 13.2. The second-order valence-corrected chi connectivity index (χ2v) is 9.72. The van der Waals surface area contributed by atoms with Gasteiger partial charge in [0, 0.05) is 61.3 Å². The minimum absolute atomic E-state index is 0.241. The third kappa shape index (κ3) is 4.63. The van der Waals surface area contributed by atoms with Crippen molar-refractivity contribution in [3.05, 3.63) is 60.7 Å². The fraction of sp³-hybridized carbons (Fsp3) is 0.357. The zero-order valence-electron chi connectivity index (χ0n) is 20.4. The van der Waals surface area contributed by atoms with Gasteiger partial charge in [-0.2, -0.15) is 5.10 Å². The Bertz CT molecular complexity index is 1370. The van der Waals surface area contributed by atoms with Gasteiger partial charge < -0.3 is 15.1 Å². The molecule has 6 rings (SSSR count). The number of aromatic nitrogens is 4. The van der Waals surface area contributed by atoms with Crippen LogP contribution in [0.4, 0.5) is 17.2 Å². The average Bonchev–Trinajstić information content (AvgIpc) is 3.38. The standard InChI is InChI=1S/C28H31N7O/c36-28(31-22-9-10-30-26(17-22)35-13-5-2-6-14-35)27-24-16-20(7-8-25(24)32-33-27)21-15-23(19-29-18-21)34-11-3-1-4-12-34/h7-10,15-19H,1-6,11-14H2,(H,32,33)(H,30,31,36). The predicted molar refractivity (Wildman–Crippen MR) is 144 cm³/mol. The minimum Gasteiger partial charge on any atom is -0.370 e. The van der Waals surface area contributed by atoms with Crippen molar-refractivity contribution in [1.29, 1.82) is 0 Å². The molecule has 4 aromatic rings. The van der Waals surface area contributed by atoms with Crippen LogP contribution < -0.4 is 15.1 Å². The van der Waals surface area contributed by atoms with Crippen molar-refractivity contribution in [1.82, 2.24) is 20.2 Å². The Kier molecular flexibility index (Phi) is 6.24. The van der Waals surface area contributed by atoms with Crippen molar-refractivity contribution in [3.8, 4) is 11.1 Å². The van der Waals surface area contributed by atoms with Crippen LogP contribution in [0.25, 0.3) is 22.0 Å². The van der Waals surface area contributed by atoms with E-state index in [1.165, 1.54) is 38.5 Å². The number of pyridine rings is 2. The van der Waals surface area contributed by atoms with Crippen molar-refractivity contribution in [2.45, 2.75) is 38.5 Å². The van der Waals surface area contributed by atoms with Crippen LogP contribution >= 0.6 is 0 Å². The first-order valence-electron chi connectivity index (χ1n) is 13.0. The van der Waals surface area contributed by atoms with Crippen LogP contribution in [-0.4, -0.2) is 52.3 Å². The molecular formula is C28H31N7O. The molecule has 0 saturated carbocycles. The van der Waals surface area contributed by atoms with E-state index in [9.17, 15) is 4.79 Å². The van der Waals surface area contributed by atoms with Gasteiger partial charge in [0.2, 0.25) is 0 Å². The number of nitrogens with one attached hydrogen (secondary N) is 2. The third-order valence-corrected chi connectivity index (χ3v) is 7.24. The molecule has 0 aliphatic carbocycles. The van der Waals surface area contributed by atoms with Crippen LogP contribution in [0.3, 0.4) is 0 Å². The zero-order chi connectivity index (χ0) is 24.3. The zero-order valence-corrected chi connectivity index (χ0v) is 20.4. The summed E-state index contributed by atoms with van der Waals surface area (Å²) in [6.45, 7) is 4.16. The molecule has 184 valence electrons. The maximum Gasteiger partial charge on any atom is 0.276 e. The first-order valence-corrected chi connectivity index (χ1v) is 13.0. The molecule has 1 amide bonds. The highest BCUT2D eigenvalue weighted by molar-refractivity contribution is 6.11. The number of aromatic amines is 1. The molecule has 1 aromatic carbocycles. The smallest absolute Gasteiger partial charge is 0.276 e. The summed E-state index contributed by atoms with van der Waals surface area (Å²) in [5.41, 5.74) is 5.13. The SMILES string of the molecule is O=C(Nc1ccnc(N2CCCCC2)c1)c1n[nH]c2ccc(-c3cncc(N4CCCCC4)c3)cc12. The molecule has 8 nitrogen and oxygen atoms in total. The lowest BCUT2D eigenvalue weighted by molar-refractivity contribution is 0.102. The van der Waals surface area contributed by atoms with Gasteiger partial charge in [-0.05, 0) is 68.4 Å². The number of hydrogen-bond donors (Lipinski definition) is 2. The van der Waals surface area contributed by atoms with Crippen molar-refractivity contribution in [3.63, 3.8) is 0 Å². The Morgan fingerprint density at radius 3 is 2.42 bits per heavy atom. The van der Waals surface area contributed by atoms with Crippen LogP contribution in [0, 0.1) is 0 Å². The highest BCUT2D eigenvalue weighted by atomic mass is 16.1. The largest absolute Gasteiger partial charge is 0.370 e. The van der Waals surface area contributed by atoms with E-state index in [2.05, 4.69) is 41.3 Å². The number of amides is 1. The second kappa shape index (κ2) is 9.97. The molecule has 2 fully saturated rings. The lowest BCUT2D eigenvalue weighted by Gasteiger charge is -2.28. The van der Waals surface area contributed by atoms with Crippen LogP contribution in [-0.2, 0) is 0 Å². The fourth-order valence-electron chi connectivity index (χ4n) is 5.26. The molecule has 2 saturated heterocycles. The molecule has 36 heavy (non-hydrogen) atoms. The quantitative estimate of drug-likeness (QED) is 0.405. The van der Waals surface area contributed by atoms with Gasteiger partial charge in [0.05, 0.1) is 17.4 Å². The number of piperidine rings is 2. The predicted octanol–water partition coefficient (Wildman–Crippen LogP) is 5.25. The highest BCUT2D eigenvalue weighted by Gasteiger charge is 2.18. The van der Waals surface area contributed by atoms with Crippen molar-refractivity contribution in [2.24, 2.45) is 0 Å². The number of carbonyl (C=O) groups excluding carboxylic acids is 1. The maximum atomic E-state index is 13.2. The highest BCUT2D eigenvalue weighted by Crippen LogP contribution is 2.29. The van der Waals surface area contributed by atoms with E-state index in [0.717, 1.165) is 65.4 Å². The average molecular weight is 482 g/mol.